The molecule has 0 saturated heterocycles. The molecule has 8 rings (SSSR count). The summed E-state index contributed by atoms with van der Waals surface area (Å²) in [6.07, 6.45) is 10.9. The quantitative estimate of drug-likeness (QED) is 0.148. The van der Waals surface area contributed by atoms with E-state index in [1.807, 2.05) is 0 Å². The summed E-state index contributed by atoms with van der Waals surface area (Å²) in [7, 11) is 0. The molecule has 1 fully saturated rings. The summed E-state index contributed by atoms with van der Waals surface area (Å²) >= 11 is 0. The van der Waals surface area contributed by atoms with Crippen molar-refractivity contribution in [1.82, 2.24) is 14.8 Å². The van der Waals surface area contributed by atoms with Crippen LogP contribution in [-0.4, -0.2) is 21.4 Å². The van der Waals surface area contributed by atoms with Gasteiger partial charge < -0.3 is 13.7 Å². The summed E-state index contributed by atoms with van der Waals surface area (Å²) in [6, 6.07) is 31.8. The van der Waals surface area contributed by atoms with Crippen LogP contribution < -0.4 is 4.74 Å². The van der Waals surface area contributed by atoms with Gasteiger partial charge in [0.15, 0.2) is 0 Å². The lowest BCUT2D eigenvalue weighted by atomic mass is 9.86. The second-order valence-electron chi connectivity index (χ2n) is 13.1. The van der Waals surface area contributed by atoms with Gasteiger partial charge in [-0.05, 0) is 103 Å². The fourth-order valence-corrected chi connectivity index (χ4v) is 7.69. The van der Waals surface area contributed by atoms with E-state index in [1.54, 1.807) is 0 Å². The molecule has 4 unspecified atom stereocenters. The summed E-state index contributed by atoms with van der Waals surface area (Å²) < 4.78 is 15.0. The minimum absolute atomic E-state index is 0.506. The van der Waals surface area contributed by atoms with Gasteiger partial charge in [-0.1, -0.05) is 74.9 Å². The van der Waals surface area contributed by atoms with E-state index in [2.05, 4.69) is 132 Å². The van der Waals surface area contributed by atoms with Crippen LogP contribution in [-0.2, 0) is 6.42 Å². The van der Waals surface area contributed by atoms with Gasteiger partial charge in [0.1, 0.15) is 5.75 Å². The van der Waals surface area contributed by atoms with Crippen molar-refractivity contribution in [2.75, 3.05) is 6.61 Å². The first kappa shape index (κ1) is 27.9. The smallest absolute Gasteiger partial charge is 0.248 e. The average molecular weight is 594 g/mol. The number of aromatic nitrogens is 3. The largest absolute Gasteiger partial charge is 0.493 e. The molecule has 0 amide bonds. The molecule has 5 heteroatoms. The Balaban J connectivity index is 1.01. The van der Waals surface area contributed by atoms with Crippen LogP contribution in [0.2, 0.25) is 0 Å². The van der Waals surface area contributed by atoms with E-state index in [0.29, 0.717) is 17.7 Å². The topological polar surface area (TPSA) is 53.1 Å². The maximum absolute atomic E-state index is 6.49. The summed E-state index contributed by atoms with van der Waals surface area (Å²) in [6.45, 7) is 5.26. The monoisotopic (exact) mass is 593 g/mol. The Morgan fingerprint density at radius 3 is 2.18 bits per heavy atom. The highest BCUT2D eigenvalue weighted by atomic mass is 16.5. The van der Waals surface area contributed by atoms with Crippen molar-refractivity contribution in [3.63, 3.8) is 0 Å². The third-order valence-corrected chi connectivity index (χ3v) is 9.86. The third-order valence-electron chi connectivity index (χ3n) is 9.86. The summed E-state index contributed by atoms with van der Waals surface area (Å²) in [4.78, 5) is 0. The molecule has 2 aliphatic carbocycles. The van der Waals surface area contributed by atoms with E-state index < -0.39 is 0 Å². The van der Waals surface area contributed by atoms with Gasteiger partial charge in [-0.3, -0.25) is 0 Å². The molecule has 4 aromatic carbocycles. The molecule has 0 N–H and O–H groups in total. The molecule has 0 spiro atoms. The van der Waals surface area contributed by atoms with Crippen molar-refractivity contribution in [2.45, 2.75) is 46.0 Å². The fraction of sp³-hybridized carbons (Fsp3) is 0.300. The number of benzene rings is 4. The lowest BCUT2D eigenvalue weighted by Crippen LogP contribution is -2.17. The van der Waals surface area contributed by atoms with Crippen molar-refractivity contribution < 1.29 is 9.15 Å². The molecule has 2 heterocycles. The normalized spacial score (nSPS) is 19.6. The van der Waals surface area contributed by atoms with Gasteiger partial charge in [0.05, 0.1) is 17.6 Å². The van der Waals surface area contributed by atoms with Crippen LogP contribution in [0.1, 0.15) is 45.1 Å². The van der Waals surface area contributed by atoms with Gasteiger partial charge in [-0.25, -0.2) is 0 Å². The van der Waals surface area contributed by atoms with Crippen LogP contribution in [0, 0.1) is 23.7 Å². The highest BCUT2D eigenvalue weighted by Crippen LogP contribution is 2.46. The molecule has 2 aliphatic rings. The van der Waals surface area contributed by atoms with E-state index in [9.17, 15) is 0 Å². The standard InChI is InChI=1S/C40H39N3O2/c1-3-8-28-15-16-31(24-38(28)44-25-26(2)21-32-23-27-13-14-30(32)22-27)40-42-41-39(45-40)29-17-19-33(20-18-29)43-36-11-6-4-9-34(36)35-10-5-7-12-37(35)43/h4-7,9-20,24,26-27,30,32H,3,8,21-23,25H2,1-2H3. The van der Waals surface area contributed by atoms with Gasteiger partial charge in [0.25, 0.3) is 0 Å². The first-order chi connectivity index (χ1) is 22.1. The number of aryl methyl sites for hydroxylation is 1. The van der Waals surface area contributed by atoms with E-state index in [-0.39, 0.29) is 0 Å². The van der Waals surface area contributed by atoms with E-state index >= 15 is 0 Å². The molecule has 0 aliphatic heterocycles. The zero-order valence-corrected chi connectivity index (χ0v) is 26.0. The summed E-state index contributed by atoms with van der Waals surface area (Å²) in [5.41, 5.74) is 6.48. The first-order valence-electron chi connectivity index (χ1n) is 16.5. The lowest BCUT2D eigenvalue weighted by Gasteiger charge is -2.23. The molecule has 6 aromatic rings. The van der Waals surface area contributed by atoms with Crippen LogP contribution in [0.5, 0.6) is 5.75 Å². The Hall–Kier alpha value is -4.64. The van der Waals surface area contributed by atoms with Crippen LogP contribution in [0.3, 0.4) is 0 Å². The van der Waals surface area contributed by atoms with Crippen LogP contribution >= 0.6 is 0 Å². The van der Waals surface area contributed by atoms with Gasteiger partial charge in [-0.15, -0.1) is 10.2 Å². The molecule has 4 atom stereocenters. The summed E-state index contributed by atoms with van der Waals surface area (Å²) in [5, 5.41) is 11.4. The second kappa shape index (κ2) is 11.7. The predicted molar refractivity (Wildman–Crippen MR) is 182 cm³/mol. The molecular formula is C40H39N3O2. The van der Waals surface area contributed by atoms with Crippen LogP contribution in [0.4, 0.5) is 0 Å². The maximum atomic E-state index is 6.49. The number of allylic oxidation sites excluding steroid dienone is 2. The zero-order chi connectivity index (χ0) is 30.3. The van der Waals surface area contributed by atoms with Gasteiger partial charge >= 0.3 is 0 Å². The van der Waals surface area contributed by atoms with Crippen molar-refractivity contribution >= 4 is 21.8 Å². The van der Waals surface area contributed by atoms with Crippen LogP contribution in [0.25, 0.3) is 50.4 Å². The molecule has 0 radical (unpaired) electrons. The fourth-order valence-electron chi connectivity index (χ4n) is 7.69. The molecular weight excluding hydrogens is 554 g/mol. The van der Waals surface area contributed by atoms with E-state index in [1.165, 1.54) is 46.6 Å². The number of ether oxygens (including phenoxy) is 1. The van der Waals surface area contributed by atoms with Crippen molar-refractivity contribution in [1.29, 1.82) is 0 Å². The average Bonchev–Trinajstić information content (AvgIpc) is 3.88. The molecule has 2 aromatic heterocycles. The second-order valence-corrected chi connectivity index (χ2v) is 13.1. The van der Waals surface area contributed by atoms with Gasteiger partial charge in [-0.2, -0.15) is 0 Å². The lowest BCUT2D eigenvalue weighted by molar-refractivity contribution is 0.221. The van der Waals surface area contributed by atoms with Crippen LogP contribution in [0.15, 0.2) is 108 Å². The van der Waals surface area contributed by atoms with E-state index in [0.717, 1.165) is 59.8 Å². The Morgan fingerprint density at radius 1 is 0.822 bits per heavy atom. The highest BCUT2D eigenvalue weighted by Gasteiger charge is 2.36. The molecule has 226 valence electrons. The predicted octanol–water partition coefficient (Wildman–Crippen LogP) is 10.1. The van der Waals surface area contributed by atoms with Gasteiger partial charge in [0.2, 0.25) is 11.8 Å². The minimum Gasteiger partial charge on any atom is -0.493 e. The number of rotatable bonds is 10. The number of hydrogen-bond donors (Lipinski definition) is 0. The highest BCUT2D eigenvalue weighted by molar-refractivity contribution is 6.09. The zero-order valence-electron chi connectivity index (χ0n) is 26.0. The minimum atomic E-state index is 0.506. The number of nitrogens with zero attached hydrogens (tertiary/aromatic N) is 3. The Morgan fingerprint density at radius 2 is 1.51 bits per heavy atom. The van der Waals surface area contributed by atoms with Crippen molar-refractivity contribution in [3.05, 3.63) is 109 Å². The number of para-hydroxylation sites is 2. The SMILES string of the molecule is CCCc1ccc(-c2nnc(-c3ccc(-n4c5ccccc5c5ccccc54)cc3)o2)cc1OCC(C)CC1CC2C=CC1C2. The summed E-state index contributed by atoms with van der Waals surface area (Å²) in [5.74, 6) is 4.88. The van der Waals surface area contributed by atoms with E-state index in [4.69, 9.17) is 9.15 Å². The number of fused-ring (bicyclic) bond motifs is 5. The Kier molecular flexibility index (Phi) is 7.25. The third kappa shape index (κ3) is 5.24. The van der Waals surface area contributed by atoms with Crippen molar-refractivity contribution in [2.24, 2.45) is 23.7 Å². The first-order valence-corrected chi connectivity index (χ1v) is 16.5. The Bertz CT molecular complexity index is 1950. The molecule has 2 bridgehead atoms. The molecule has 45 heavy (non-hydrogen) atoms. The molecule has 1 saturated carbocycles. The number of hydrogen-bond acceptors (Lipinski definition) is 4. The van der Waals surface area contributed by atoms with Crippen molar-refractivity contribution in [3.8, 4) is 34.3 Å². The maximum Gasteiger partial charge on any atom is 0.248 e. The molecule has 5 nitrogen and oxygen atoms in total. The Labute approximate surface area is 264 Å². The van der Waals surface area contributed by atoms with Gasteiger partial charge in [0, 0.05) is 27.6 Å².